The fraction of sp³-hybridized carbons (Fsp3) is 0.647. The van der Waals surface area contributed by atoms with Crippen LogP contribution in [0, 0.1) is 5.41 Å². The third-order valence-electron chi connectivity index (χ3n) is 4.37. The molecule has 26 heavy (non-hydrogen) atoms. The summed E-state index contributed by atoms with van der Waals surface area (Å²) in [4.78, 5) is 2.22. The van der Waals surface area contributed by atoms with Crippen LogP contribution in [0.4, 0.5) is 17.6 Å². The summed E-state index contributed by atoms with van der Waals surface area (Å²) in [5.74, 6) is -0.324. The van der Waals surface area contributed by atoms with Gasteiger partial charge >= 0.3 is 12.5 Å². The minimum Gasteiger partial charge on any atom is -0.428 e. The lowest BCUT2D eigenvalue weighted by Gasteiger charge is -2.43. The first-order valence-electron chi connectivity index (χ1n) is 8.18. The van der Waals surface area contributed by atoms with Crippen molar-refractivity contribution in [3.8, 4) is 5.75 Å². The van der Waals surface area contributed by atoms with Gasteiger partial charge < -0.3 is 15.2 Å². The van der Waals surface area contributed by atoms with Crippen molar-refractivity contribution in [2.45, 2.75) is 32.4 Å². The molecule has 0 aromatic heterocycles. The molecule has 0 amide bonds. The van der Waals surface area contributed by atoms with Gasteiger partial charge in [0.15, 0.2) is 0 Å². The van der Waals surface area contributed by atoms with Gasteiger partial charge in [0, 0.05) is 44.2 Å². The molecular weight excluding hydrogens is 376 g/mol. The van der Waals surface area contributed by atoms with E-state index >= 15 is 0 Å². The van der Waals surface area contributed by atoms with Gasteiger partial charge in [-0.3, -0.25) is 4.90 Å². The number of halogens is 5. The molecule has 1 fully saturated rings. The van der Waals surface area contributed by atoms with Crippen LogP contribution >= 0.6 is 12.4 Å². The molecule has 1 aromatic rings. The first-order valence-corrected chi connectivity index (χ1v) is 8.18. The molecule has 2 N–H and O–H groups in total. The minimum atomic E-state index is -4.52. The van der Waals surface area contributed by atoms with E-state index in [1.54, 1.807) is 12.1 Å². The monoisotopic (exact) mass is 400 g/mol. The number of hydrogen-bond acceptors (Lipinski definition) is 4. The molecule has 0 aliphatic carbocycles. The number of aliphatic hydroxyl groups is 1. The van der Waals surface area contributed by atoms with E-state index in [9.17, 15) is 22.7 Å². The van der Waals surface area contributed by atoms with E-state index in [-0.39, 0.29) is 30.8 Å². The molecule has 1 atom stereocenters. The highest BCUT2D eigenvalue weighted by Crippen LogP contribution is 2.39. The lowest BCUT2D eigenvalue weighted by atomic mass is 9.79. The maximum atomic E-state index is 13.0. The maximum Gasteiger partial charge on any atom is 0.461 e. The van der Waals surface area contributed by atoms with Crippen LogP contribution in [0.25, 0.3) is 0 Å². The van der Waals surface area contributed by atoms with Crippen LogP contribution in [-0.2, 0) is 0 Å². The van der Waals surface area contributed by atoms with Crippen LogP contribution in [0.15, 0.2) is 24.3 Å². The molecule has 4 nitrogen and oxygen atoms in total. The van der Waals surface area contributed by atoms with Crippen molar-refractivity contribution >= 4 is 12.4 Å². The maximum absolute atomic E-state index is 13.0. The van der Waals surface area contributed by atoms with Crippen LogP contribution < -0.4 is 10.1 Å². The average molecular weight is 401 g/mol. The second kappa shape index (κ2) is 9.21. The molecule has 150 valence electrons. The Hall–Kier alpha value is -1.09. The van der Waals surface area contributed by atoms with E-state index in [1.165, 1.54) is 12.1 Å². The number of rotatable bonds is 7. The van der Waals surface area contributed by atoms with Gasteiger partial charge in [-0.25, -0.2) is 0 Å². The van der Waals surface area contributed by atoms with Crippen molar-refractivity contribution in [3.05, 3.63) is 29.8 Å². The van der Waals surface area contributed by atoms with E-state index in [4.69, 9.17) is 0 Å². The first kappa shape index (κ1) is 23.0. The minimum absolute atomic E-state index is 0. The SMILES string of the molecule is CC(C)(CO)[C@@H](c1ccc(OC(F)(F)C(F)F)cc1)N1CCNCC1.Cl. The van der Waals surface area contributed by atoms with Crippen molar-refractivity contribution < 1.29 is 27.4 Å². The van der Waals surface area contributed by atoms with E-state index in [0.717, 1.165) is 31.7 Å². The van der Waals surface area contributed by atoms with Crippen LogP contribution in [0.2, 0.25) is 0 Å². The quantitative estimate of drug-likeness (QED) is 0.689. The zero-order valence-corrected chi connectivity index (χ0v) is 15.5. The summed E-state index contributed by atoms with van der Waals surface area (Å²) in [6.45, 7) is 7.01. The standard InChI is InChI=1S/C17H24F4N2O2.ClH/c1-16(2,11-24)14(23-9-7-22-8-10-23)12-3-5-13(6-4-12)25-17(20,21)15(18)19;/h3-6,14-15,22,24H,7-11H2,1-2H3;1H/t14-;/m1./s1. The second-order valence-corrected chi connectivity index (χ2v) is 6.87. The third kappa shape index (κ3) is 5.45. The molecule has 1 heterocycles. The van der Waals surface area contributed by atoms with Gasteiger partial charge in [-0.2, -0.15) is 17.6 Å². The molecule has 1 aliphatic heterocycles. The van der Waals surface area contributed by atoms with Gasteiger partial charge in [0.1, 0.15) is 5.75 Å². The van der Waals surface area contributed by atoms with Crippen molar-refractivity contribution in [3.63, 3.8) is 0 Å². The Bertz CT molecular complexity index is 552. The number of piperazine rings is 1. The van der Waals surface area contributed by atoms with E-state index < -0.39 is 17.9 Å². The summed E-state index contributed by atoms with van der Waals surface area (Å²) in [5.41, 5.74) is 0.348. The number of hydrogen-bond donors (Lipinski definition) is 2. The lowest BCUT2D eigenvalue weighted by Crippen LogP contribution is -2.49. The third-order valence-corrected chi connectivity index (χ3v) is 4.37. The Kier molecular flexibility index (Phi) is 8.13. The Morgan fingerprint density at radius 1 is 1.15 bits per heavy atom. The fourth-order valence-corrected chi connectivity index (χ4v) is 3.10. The van der Waals surface area contributed by atoms with E-state index in [0.29, 0.717) is 0 Å². The molecule has 0 radical (unpaired) electrons. The Morgan fingerprint density at radius 3 is 2.15 bits per heavy atom. The Labute approximate surface area is 156 Å². The normalized spacial score (nSPS) is 17.7. The van der Waals surface area contributed by atoms with Crippen molar-refractivity contribution in [1.82, 2.24) is 10.2 Å². The molecule has 9 heteroatoms. The van der Waals surface area contributed by atoms with Crippen LogP contribution in [0.3, 0.4) is 0 Å². The van der Waals surface area contributed by atoms with Gasteiger partial charge in [-0.15, -0.1) is 12.4 Å². The zero-order valence-electron chi connectivity index (χ0n) is 14.7. The summed E-state index contributed by atoms with van der Waals surface area (Å²) in [5, 5.41) is 13.0. The largest absolute Gasteiger partial charge is 0.461 e. The highest BCUT2D eigenvalue weighted by atomic mass is 35.5. The van der Waals surface area contributed by atoms with Crippen LogP contribution in [0.5, 0.6) is 5.75 Å². The molecule has 1 aromatic carbocycles. The Morgan fingerprint density at radius 2 is 1.69 bits per heavy atom. The van der Waals surface area contributed by atoms with Gasteiger partial charge in [-0.1, -0.05) is 26.0 Å². The number of alkyl halides is 4. The molecule has 0 bridgehead atoms. The highest BCUT2D eigenvalue weighted by molar-refractivity contribution is 5.85. The number of aliphatic hydroxyl groups excluding tert-OH is 1. The average Bonchev–Trinajstić information content (AvgIpc) is 2.57. The summed E-state index contributed by atoms with van der Waals surface area (Å²) >= 11 is 0. The van der Waals surface area contributed by atoms with Crippen LogP contribution in [0.1, 0.15) is 25.5 Å². The summed E-state index contributed by atoms with van der Waals surface area (Å²) < 4.78 is 54.6. The number of nitrogens with zero attached hydrogens (tertiary/aromatic N) is 1. The first-order chi connectivity index (χ1) is 11.7. The Balaban J connectivity index is 0.00000338. The molecule has 0 spiro atoms. The van der Waals surface area contributed by atoms with Gasteiger partial charge in [0.25, 0.3) is 0 Å². The summed E-state index contributed by atoms with van der Waals surface area (Å²) in [6, 6.07) is 5.55. The molecule has 1 aliphatic rings. The number of ether oxygens (including phenoxy) is 1. The second-order valence-electron chi connectivity index (χ2n) is 6.87. The molecule has 0 saturated carbocycles. The summed E-state index contributed by atoms with van der Waals surface area (Å²) in [6.07, 6.45) is -8.42. The van der Waals surface area contributed by atoms with Gasteiger partial charge in [0.2, 0.25) is 0 Å². The molecule has 1 saturated heterocycles. The fourth-order valence-electron chi connectivity index (χ4n) is 3.10. The molecule has 2 rings (SSSR count). The smallest absolute Gasteiger partial charge is 0.428 e. The highest BCUT2D eigenvalue weighted by Gasteiger charge is 2.44. The molecular formula is C17H25ClF4N2O2. The van der Waals surface area contributed by atoms with Gasteiger partial charge in [0.05, 0.1) is 0 Å². The van der Waals surface area contributed by atoms with E-state index in [1.807, 2.05) is 13.8 Å². The number of benzene rings is 1. The van der Waals surface area contributed by atoms with Crippen LogP contribution in [-0.4, -0.2) is 55.3 Å². The van der Waals surface area contributed by atoms with Crippen molar-refractivity contribution in [1.29, 1.82) is 0 Å². The number of nitrogens with one attached hydrogen (secondary N) is 1. The van der Waals surface area contributed by atoms with Gasteiger partial charge in [-0.05, 0) is 17.7 Å². The van der Waals surface area contributed by atoms with E-state index in [2.05, 4.69) is 15.0 Å². The summed E-state index contributed by atoms with van der Waals surface area (Å²) in [7, 11) is 0. The predicted octanol–water partition coefficient (Wildman–Crippen LogP) is 3.31. The predicted molar refractivity (Wildman–Crippen MR) is 93.3 cm³/mol. The van der Waals surface area contributed by atoms with Crippen molar-refractivity contribution in [2.24, 2.45) is 5.41 Å². The van der Waals surface area contributed by atoms with Crippen molar-refractivity contribution in [2.75, 3.05) is 32.8 Å². The topological polar surface area (TPSA) is 44.7 Å². The zero-order chi connectivity index (χ0) is 18.7. The molecule has 0 unspecified atom stereocenters. The lowest BCUT2D eigenvalue weighted by molar-refractivity contribution is -0.253.